The normalized spacial score (nSPS) is 18.4. The van der Waals surface area contributed by atoms with Gasteiger partial charge in [0.25, 0.3) is 5.91 Å². The molecule has 118 valence electrons. The number of rotatable bonds is 2. The van der Waals surface area contributed by atoms with Gasteiger partial charge in [-0.15, -0.1) is 10.2 Å². The predicted octanol–water partition coefficient (Wildman–Crippen LogP) is 3.87. The highest BCUT2D eigenvalue weighted by molar-refractivity contribution is 8.18. The summed E-state index contributed by atoms with van der Waals surface area (Å²) in [5.41, 5.74) is 0.187. The third kappa shape index (κ3) is 3.29. The van der Waals surface area contributed by atoms with Crippen LogP contribution in [0.4, 0.5) is 9.52 Å². The SMILES string of the molecule is Cc1nnc(/N=C2/S/C(=C\c3c(F)cccc3Cl)C(=O)N2C)s1. The van der Waals surface area contributed by atoms with E-state index in [1.165, 1.54) is 34.4 Å². The molecular formula is C14H10ClFN4OS2. The Morgan fingerprint density at radius 2 is 2.17 bits per heavy atom. The lowest BCUT2D eigenvalue weighted by Gasteiger charge is -2.05. The smallest absolute Gasteiger partial charge is 0.266 e. The van der Waals surface area contributed by atoms with Gasteiger partial charge in [-0.1, -0.05) is 29.0 Å². The lowest BCUT2D eigenvalue weighted by molar-refractivity contribution is -0.121. The van der Waals surface area contributed by atoms with Gasteiger partial charge in [0.05, 0.1) is 9.93 Å². The van der Waals surface area contributed by atoms with Gasteiger partial charge in [0.2, 0.25) is 5.13 Å². The fraction of sp³-hybridized carbons (Fsp3) is 0.143. The van der Waals surface area contributed by atoms with Gasteiger partial charge >= 0.3 is 0 Å². The molecule has 0 unspecified atom stereocenters. The van der Waals surface area contributed by atoms with Crippen molar-refractivity contribution < 1.29 is 9.18 Å². The third-order valence-corrected chi connectivity index (χ3v) is 5.11. The van der Waals surface area contributed by atoms with Crippen LogP contribution in [0.25, 0.3) is 6.08 Å². The van der Waals surface area contributed by atoms with E-state index in [9.17, 15) is 9.18 Å². The molecule has 0 N–H and O–H groups in total. The van der Waals surface area contributed by atoms with Crippen molar-refractivity contribution in [2.75, 3.05) is 7.05 Å². The number of benzene rings is 1. The second-order valence-electron chi connectivity index (χ2n) is 4.61. The van der Waals surface area contributed by atoms with Crippen molar-refractivity contribution in [2.24, 2.45) is 4.99 Å². The standard InChI is InChI=1S/C14H10ClFN4OS2/c1-7-18-19-13(22-7)17-14-20(2)12(21)11(23-14)6-8-9(15)4-3-5-10(8)16/h3-6H,1-2H3/b11-6-,17-14+. The van der Waals surface area contributed by atoms with E-state index in [-0.39, 0.29) is 16.5 Å². The summed E-state index contributed by atoms with van der Waals surface area (Å²) < 4.78 is 13.9. The molecule has 0 radical (unpaired) electrons. The topological polar surface area (TPSA) is 58.5 Å². The van der Waals surface area contributed by atoms with E-state index < -0.39 is 5.82 Å². The number of halogens is 2. The van der Waals surface area contributed by atoms with Crippen LogP contribution in [0.2, 0.25) is 5.02 Å². The van der Waals surface area contributed by atoms with Crippen molar-refractivity contribution in [3.8, 4) is 0 Å². The van der Waals surface area contributed by atoms with E-state index in [1.807, 2.05) is 6.92 Å². The molecular weight excluding hydrogens is 359 g/mol. The second-order valence-corrected chi connectivity index (χ2v) is 7.18. The minimum Gasteiger partial charge on any atom is -0.289 e. The molecule has 1 aromatic heterocycles. The maximum absolute atomic E-state index is 13.9. The number of hydrogen-bond donors (Lipinski definition) is 0. The van der Waals surface area contributed by atoms with Crippen LogP contribution < -0.4 is 0 Å². The highest BCUT2D eigenvalue weighted by atomic mass is 35.5. The lowest BCUT2D eigenvalue weighted by Crippen LogP contribution is -2.23. The van der Waals surface area contributed by atoms with Crippen LogP contribution in [0.5, 0.6) is 0 Å². The Hall–Kier alpha value is -1.77. The van der Waals surface area contributed by atoms with Crippen molar-refractivity contribution in [3.05, 3.63) is 44.5 Å². The maximum atomic E-state index is 13.9. The molecule has 0 spiro atoms. The van der Waals surface area contributed by atoms with Crippen molar-refractivity contribution in [2.45, 2.75) is 6.92 Å². The number of hydrogen-bond acceptors (Lipinski definition) is 6. The Morgan fingerprint density at radius 1 is 1.39 bits per heavy atom. The monoisotopic (exact) mass is 368 g/mol. The zero-order valence-electron chi connectivity index (χ0n) is 12.1. The van der Waals surface area contributed by atoms with Crippen LogP contribution in [0.3, 0.4) is 0 Å². The number of carbonyl (C=O) groups excluding carboxylic acids is 1. The van der Waals surface area contributed by atoms with Gasteiger partial charge in [-0.25, -0.2) is 4.39 Å². The first kappa shape index (κ1) is 16.1. The first-order chi connectivity index (χ1) is 11.0. The number of thioether (sulfide) groups is 1. The fourth-order valence-electron chi connectivity index (χ4n) is 1.84. The number of amides is 1. The molecule has 9 heteroatoms. The van der Waals surface area contributed by atoms with Crippen LogP contribution in [0, 0.1) is 12.7 Å². The van der Waals surface area contributed by atoms with Crippen LogP contribution in [0.1, 0.15) is 10.6 Å². The summed E-state index contributed by atoms with van der Waals surface area (Å²) in [5.74, 6) is -0.750. The summed E-state index contributed by atoms with van der Waals surface area (Å²) in [7, 11) is 1.60. The van der Waals surface area contributed by atoms with Crippen LogP contribution in [-0.2, 0) is 4.79 Å². The summed E-state index contributed by atoms with van der Waals surface area (Å²) in [6.45, 7) is 1.82. The molecule has 0 saturated carbocycles. The molecule has 1 saturated heterocycles. The first-order valence-corrected chi connectivity index (χ1v) is 8.47. The number of aromatic nitrogens is 2. The number of aliphatic imine (C=N–C) groups is 1. The third-order valence-electron chi connectivity index (χ3n) is 2.99. The molecule has 0 atom stereocenters. The second kappa shape index (κ2) is 6.38. The van der Waals surface area contributed by atoms with Crippen molar-refractivity contribution in [3.63, 3.8) is 0 Å². The largest absolute Gasteiger partial charge is 0.289 e. The first-order valence-electron chi connectivity index (χ1n) is 6.46. The van der Waals surface area contributed by atoms with Gasteiger partial charge in [-0.05, 0) is 36.9 Å². The van der Waals surface area contributed by atoms with Gasteiger partial charge in [0, 0.05) is 12.6 Å². The molecule has 1 aliphatic rings. The lowest BCUT2D eigenvalue weighted by atomic mass is 10.2. The minimum atomic E-state index is -0.480. The molecule has 0 aliphatic carbocycles. The highest BCUT2D eigenvalue weighted by Gasteiger charge is 2.31. The van der Waals surface area contributed by atoms with Crippen molar-refractivity contribution in [1.82, 2.24) is 15.1 Å². The van der Waals surface area contributed by atoms with Gasteiger partial charge in [0.15, 0.2) is 5.17 Å². The molecule has 1 fully saturated rings. The Kier molecular flexibility index (Phi) is 4.47. The summed E-state index contributed by atoms with van der Waals surface area (Å²) in [6, 6.07) is 4.38. The molecule has 2 aromatic rings. The molecule has 23 heavy (non-hydrogen) atoms. The molecule has 1 aromatic carbocycles. The van der Waals surface area contributed by atoms with E-state index in [0.717, 1.165) is 16.8 Å². The van der Waals surface area contributed by atoms with E-state index >= 15 is 0 Å². The Bertz CT molecular complexity index is 829. The molecule has 2 heterocycles. The zero-order valence-corrected chi connectivity index (χ0v) is 14.5. The summed E-state index contributed by atoms with van der Waals surface area (Å²) in [5, 5.41) is 9.75. The van der Waals surface area contributed by atoms with E-state index in [0.29, 0.717) is 15.2 Å². The van der Waals surface area contributed by atoms with E-state index in [4.69, 9.17) is 11.6 Å². The number of aryl methyl sites for hydroxylation is 1. The van der Waals surface area contributed by atoms with Gasteiger partial charge in [-0.3, -0.25) is 9.69 Å². The van der Waals surface area contributed by atoms with Gasteiger partial charge in [-0.2, -0.15) is 4.99 Å². The summed E-state index contributed by atoms with van der Waals surface area (Å²) in [6.07, 6.45) is 1.44. The molecule has 1 amide bonds. The summed E-state index contributed by atoms with van der Waals surface area (Å²) >= 11 is 8.47. The van der Waals surface area contributed by atoms with Crippen LogP contribution >= 0.6 is 34.7 Å². The highest BCUT2D eigenvalue weighted by Crippen LogP contribution is 2.35. The maximum Gasteiger partial charge on any atom is 0.266 e. The average Bonchev–Trinajstić information content (AvgIpc) is 3.02. The van der Waals surface area contributed by atoms with Crippen molar-refractivity contribution in [1.29, 1.82) is 0 Å². The number of amidine groups is 1. The van der Waals surface area contributed by atoms with E-state index in [2.05, 4.69) is 15.2 Å². The molecule has 1 aliphatic heterocycles. The van der Waals surface area contributed by atoms with Gasteiger partial charge < -0.3 is 0 Å². The number of nitrogens with zero attached hydrogens (tertiary/aromatic N) is 4. The zero-order chi connectivity index (χ0) is 16.6. The van der Waals surface area contributed by atoms with Crippen LogP contribution in [0.15, 0.2) is 28.1 Å². The minimum absolute atomic E-state index is 0.187. The molecule has 5 nitrogen and oxygen atoms in total. The Labute approximate surface area is 144 Å². The quantitative estimate of drug-likeness (QED) is 0.755. The molecule has 0 bridgehead atoms. The van der Waals surface area contributed by atoms with Gasteiger partial charge in [0.1, 0.15) is 10.8 Å². The molecule has 3 rings (SSSR count). The predicted molar refractivity (Wildman–Crippen MR) is 91.5 cm³/mol. The Balaban J connectivity index is 1.95. The van der Waals surface area contributed by atoms with E-state index in [1.54, 1.807) is 13.1 Å². The number of likely N-dealkylation sites (N-methyl/N-ethyl adjacent to an activating group) is 1. The van der Waals surface area contributed by atoms with Crippen molar-refractivity contribution >= 4 is 57.0 Å². The van der Waals surface area contributed by atoms with Crippen LogP contribution in [-0.4, -0.2) is 33.2 Å². The Morgan fingerprint density at radius 3 is 2.83 bits per heavy atom. The number of carbonyl (C=O) groups is 1. The fourth-order valence-corrected chi connectivity index (χ4v) is 3.63. The average molecular weight is 369 g/mol. The summed E-state index contributed by atoms with van der Waals surface area (Å²) in [4.78, 5) is 18.3.